The van der Waals surface area contributed by atoms with Crippen molar-refractivity contribution in [2.24, 2.45) is 0 Å². The second-order valence-electron chi connectivity index (χ2n) is 5.32. The molecule has 2 aliphatic heterocycles. The van der Waals surface area contributed by atoms with E-state index in [1.807, 2.05) is 6.07 Å². The van der Waals surface area contributed by atoms with Gasteiger partial charge in [0.25, 0.3) is 5.91 Å². The summed E-state index contributed by atoms with van der Waals surface area (Å²) in [4.78, 5) is 11.4. The molecule has 0 bridgehead atoms. The third-order valence-corrected chi connectivity index (χ3v) is 3.63. The number of anilines is 3. The largest absolute Gasteiger partial charge is 0.482 e. The fraction of sp³-hybridized carbons (Fsp3) is 0.500. The molecule has 6 nitrogen and oxygen atoms in total. The predicted octanol–water partition coefficient (Wildman–Crippen LogP) is 1.58. The van der Waals surface area contributed by atoms with Crippen LogP contribution in [0.3, 0.4) is 0 Å². The van der Waals surface area contributed by atoms with Gasteiger partial charge in [-0.15, -0.1) is 0 Å². The lowest BCUT2D eigenvalue weighted by Gasteiger charge is -2.29. The topological polar surface area (TPSA) is 85.6 Å². The van der Waals surface area contributed by atoms with E-state index in [-0.39, 0.29) is 18.6 Å². The van der Waals surface area contributed by atoms with Crippen LogP contribution < -0.4 is 21.1 Å². The van der Waals surface area contributed by atoms with E-state index in [4.69, 9.17) is 15.2 Å². The van der Waals surface area contributed by atoms with Crippen molar-refractivity contribution < 1.29 is 14.3 Å². The highest BCUT2D eigenvalue weighted by molar-refractivity contribution is 5.97. The molecule has 1 fully saturated rings. The van der Waals surface area contributed by atoms with E-state index in [0.29, 0.717) is 23.2 Å². The highest BCUT2D eigenvalue weighted by atomic mass is 16.5. The Kier molecular flexibility index (Phi) is 3.40. The molecular weight excluding hydrogens is 258 g/mol. The van der Waals surface area contributed by atoms with Crippen molar-refractivity contribution in [2.75, 3.05) is 29.6 Å². The molecule has 20 heavy (non-hydrogen) atoms. The van der Waals surface area contributed by atoms with Crippen LogP contribution in [0.2, 0.25) is 0 Å². The zero-order valence-corrected chi connectivity index (χ0v) is 11.4. The minimum absolute atomic E-state index is 0.0384. The number of fused-ring (bicyclic) bond motifs is 1. The molecule has 1 aromatic rings. The first-order chi connectivity index (χ1) is 9.61. The first-order valence-electron chi connectivity index (χ1n) is 6.86. The van der Waals surface area contributed by atoms with Crippen LogP contribution in [-0.4, -0.2) is 31.3 Å². The van der Waals surface area contributed by atoms with E-state index >= 15 is 0 Å². The average molecular weight is 277 g/mol. The van der Waals surface area contributed by atoms with Crippen molar-refractivity contribution in [1.29, 1.82) is 0 Å². The third kappa shape index (κ3) is 2.65. The van der Waals surface area contributed by atoms with Crippen molar-refractivity contribution in [3.8, 4) is 5.75 Å². The normalized spacial score (nSPS) is 25.4. The molecule has 0 aromatic heterocycles. The Balaban J connectivity index is 1.79. The van der Waals surface area contributed by atoms with Gasteiger partial charge < -0.3 is 25.8 Å². The highest BCUT2D eigenvalue weighted by Gasteiger charge is 2.22. The Labute approximate surface area is 117 Å². The van der Waals surface area contributed by atoms with Gasteiger partial charge in [-0.1, -0.05) is 0 Å². The molecule has 2 heterocycles. The quantitative estimate of drug-likeness (QED) is 0.715. The molecule has 2 atom stereocenters. The van der Waals surface area contributed by atoms with Gasteiger partial charge in [0, 0.05) is 18.7 Å². The molecule has 6 heteroatoms. The number of carbonyl (C=O) groups is 1. The number of hydrogen-bond acceptors (Lipinski definition) is 5. The maximum absolute atomic E-state index is 11.4. The van der Waals surface area contributed by atoms with E-state index in [1.54, 1.807) is 6.07 Å². The van der Waals surface area contributed by atoms with Crippen LogP contribution in [-0.2, 0) is 9.53 Å². The molecule has 0 aliphatic carbocycles. The first-order valence-corrected chi connectivity index (χ1v) is 6.86. The van der Waals surface area contributed by atoms with Gasteiger partial charge in [-0.05, 0) is 25.8 Å². The Morgan fingerprint density at radius 1 is 1.45 bits per heavy atom. The second kappa shape index (κ2) is 5.20. The molecule has 3 rings (SSSR count). The number of hydrogen-bond donors (Lipinski definition) is 3. The van der Waals surface area contributed by atoms with Gasteiger partial charge in [-0.2, -0.15) is 0 Å². The van der Waals surface area contributed by atoms with Crippen LogP contribution in [0.15, 0.2) is 12.1 Å². The number of ether oxygens (including phenoxy) is 2. The Hall–Kier alpha value is -1.95. The summed E-state index contributed by atoms with van der Waals surface area (Å²) in [6.07, 6.45) is 2.14. The number of nitrogens with one attached hydrogen (secondary N) is 2. The summed E-state index contributed by atoms with van der Waals surface area (Å²) in [6.45, 7) is 2.86. The monoisotopic (exact) mass is 277 g/mol. The van der Waals surface area contributed by atoms with E-state index in [9.17, 15) is 4.79 Å². The number of nitrogen functional groups attached to an aromatic ring is 1. The maximum atomic E-state index is 11.4. The number of benzene rings is 1. The minimum Gasteiger partial charge on any atom is -0.482 e. The molecule has 2 unspecified atom stereocenters. The molecule has 0 saturated carbocycles. The fourth-order valence-electron chi connectivity index (χ4n) is 2.62. The fourth-order valence-corrected chi connectivity index (χ4v) is 2.62. The lowest BCUT2D eigenvalue weighted by atomic mass is 10.0. The highest BCUT2D eigenvalue weighted by Crippen LogP contribution is 2.36. The van der Waals surface area contributed by atoms with Crippen molar-refractivity contribution in [3.63, 3.8) is 0 Å². The van der Waals surface area contributed by atoms with Crippen molar-refractivity contribution in [2.45, 2.75) is 31.9 Å². The molecule has 4 N–H and O–H groups in total. The number of carbonyl (C=O) groups excluding carboxylic acids is 1. The van der Waals surface area contributed by atoms with Gasteiger partial charge in [0.1, 0.15) is 5.75 Å². The van der Waals surface area contributed by atoms with Gasteiger partial charge in [-0.3, -0.25) is 4.79 Å². The Morgan fingerprint density at radius 2 is 2.30 bits per heavy atom. The summed E-state index contributed by atoms with van der Waals surface area (Å²) in [5, 5.41) is 6.22. The standard InChI is InChI=1S/C14H19N3O3/c1-8-4-9(2-3-19-8)16-11-6-12-13(5-10(11)15)20-7-14(18)17-12/h5-6,8-9,16H,2-4,7,15H2,1H3,(H,17,18). The van der Waals surface area contributed by atoms with Crippen LogP contribution in [0.1, 0.15) is 19.8 Å². The molecule has 1 saturated heterocycles. The van der Waals surface area contributed by atoms with Crippen molar-refractivity contribution in [1.82, 2.24) is 0 Å². The summed E-state index contributed by atoms with van der Waals surface area (Å²) in [5.41, 5.74) is 8.16. The minimum atomic E-state index is -0.145. The Bertz CT molecular complexity index is 533. The maximum Gasteiger partial charge on any atom is 0.262 e. The van der Waals surface area contributed by atoms with E-state index in [1.165, 1.54) is 0 Å². The first kappa shape index (κ1) is 13.1. The third-order valence-electron chi connectivity index (χ3n) is 3.63. The number of amides is 1. The summed E-state index contributed by atoms with van der Waals surface area (Å²) in [6, 6.07) is 3.92. The molecule has 1 aromatic carbocycles. The van der Waals surface area contributed by atoms with E-state index < -0.39 is 0 Å². The van der Waals surface area contributed by atoms with Crippen LogP contribution in [0, 0.1) is 0 Å². The molecule has 0 radical (unpaired) electrons. The Morgan fingerprint density at radius 3 is 3.10 bits per heavy atom. The van der Waals surface area contributed by atoms with Gasteiger partial charge in [0.2, 0.25) is 0 Å². The average Bonchev–Trinajstić information content (AvgIpc) is 2.40. The molecule has 108 valence electrons. The van der Waals surface area contributed by atoms with E-state index in [2.05, 4.69) is 17.6 Å². The summed E-state index contributed by atoms with van der Waals surface area (Å²) >= 11 is 0. The van der Waals surface area contributed by atoms with Crippen LogP contribution >= 0.6 is 0 Å². The van der Waals surface area contributed by atoms with Gasteiger partial charge in [-0.25, -0.2) is 0 Å². The lowest BCUT2D eigenvalue weighted by Crippen LogP contribution is -2.33. The summed E-state index contributed by atoms with van der Waals surface area (Å²) < 4.78 is 10.9. The zero-order chi connectivity index (χ0) is 14.1. The van der Waals surface area contributed by atoms with Gasteiger partial charge >= 0.3 is 0 Å². The predicted molar refractivity (Wildman–Crippen MR) is 77.0 cm³/mol. The van der Waals surface area contributed by atoms with Gasteiger partial charge in [0.15, 0.2) is 6.61 Å². The molecule has 0 spiro atoms. The second-order valence-corrected chi connectivity index (χ2v) is 5.32. The van der Waals surface area contributed by atoms with E-state index in [0.717, 1.165) is 25.1 Å². The zero-order valence-electron chi connectivity index (χ0n) is 11.4. The van der Waals surface area contributed by atoms with Crippen molar-refractivity contribution >= 4 is 23.0 Å². The van der Waals surface area contributed by atoms with Gasteiger partial charge in [0.05, 0.1) is 23.2 Å². The molecule has 2 aliphatic rings. The van der Waals surface area contributed by atoms with Crippen LogP contribution in [0.5, 0.6) is 5.75 Å². The number of nitrogens with two attached hydrogens (primary N) is 1. The van der Waals surface area contributed by atoms with Crippen LogP contribution in [0.4, 0.5) is 17.1 Å². The molecular formula is C14H19N3O3. The SMILES string of the molecule is CC1CC(Nc2cc3c(cc2N)OCC(=O)N3)CCO1. The summed E-state index contributed by atoms with van der Waals surface area (Å²) in [7, 11) is 0. The summed E-state index contributed by atoms with van der Waals surface area (Å²) in [5.74, 6) is 0.473. The van der Waals surface area contributed by atoms with Crippen molar-refractivity contribution in [3.05, 3.63) is 12.1 Å². The number of rotatable bonds is 2. The lowest BCUT2D eigenvalue weighted by molar-refractivity contribution is -0.118. The molecule has 1 amide bonds. The van der Waals surface area contributed by atoms with Crippen LogP contribution in [0.25, 0.3) is 0 Å². The smallest absolute Gasteiger partial charge is 0.262 e.